The lowest BCUT2D eigenvalue weighted by Gasteiger charge is -2.29. The van der Waals surface area contributed by atoms with Gasteiger partial charge < -0.3 is 15.4 Å². The normalized spacial score (nSPS) is 15.3. The molecule has 0 radical (unpaired) electrons. The van der Waals surface area contributed by atoms with Crippen molar-refractivity contribution in [2.24, 2.45) is 0 Å². The topological polar surface area (TPSA) is 81.1 Å². The first kappa shape index (κ1) is 20.3. The average Bonchev–Trinajstić information content (AvgIpc) is 3.18. The SMILES string of the molecule is CCn1ncc2c(NC3CCOCC3)c(C(=O)NC(C)(C)c3ccccc3)cnc21. The Morgan fingerprint density at radius 1 is 1.20 bits per heavy atom. The minimum atomic E-state index is -0.517. The zero-order valence-electron chi connectivity index (χ0n) is 17.8. The van der Waals surface area contributed by atoms with Crippen molar-refractivity contribution in [2.75, 3.05) is 18.5 Å². The van der Waals surface area contributed by atoms with Crippen LogP contribution >= 0.6 is 0 Å². The largest absolute Gasteiger partial charge is 0.381 e. The maximum Gasteiger partial charge on any atom is 0.255 e. The lowest BCUT2D eigenvalue weighted by molar-refractivity contribution is 0.0900. The summed E-state index contributed by atoms with van der Waals surface area (Å²) in [6.07, 6.45) is 5.27. The molecule has 1 amide bonds. The van der Waals surface area contributed by atoms with E-state index in [1.54, 1.807) is 12.4 Å². The number of ether oxygens (including phenoxy) is 1. The fourth-order valence-corrected chi connectivity index (χ4v) is 3.91. The molecule has 0 unspecified atom stereocenters. The minimum absolute atomic E-state index is 0.155. The number of hydrogen-bond donors (Lipinski definition) is 2. The van der Waals surface area contributed by atoms with E-state index in [0.29, 0.717) is 5.56 Å². The van der Waals surface area contributed by atoms with Crippen LogP contribution in [0.5, 0.6) is 0 Å². The second-order valence-electron chi connectivity index (χ2n) is 8.22. The number of nitrogens with zero attached hydrogens (tertiary/aromatic N) is 3. The summed E-state index contributed by atoms with van der Waals surface area (Å²) in [5, 5.41) is 12.1. The Bertz CT molecular complexity index is 1020. The summed E-state index contributed by atoms with van der Waals surface area (Å²) in [6, 6.07) is 10.2. The smallest absolute Gasteiger partial charge is 0.255 e. The number of aryl methyl sites for hydroxylation is 1. The van der Waals surface area contributed by atoms with Crippen molar-refractivity contribution < 1.29 is 9.53 Å². The van der Waals surface area contributed by atoms with Gasteiger partial charge in [-0.05, 0) is 39.2 Å². The molecule has 30 heavy (non-hydrogen) atoms. The molecule has 0 spiro atoms. The molecule has 0 bridgehead atoms. The van der Waals surface area contributed by atoms with Gasteiger partial charge in [-0.1, -0.05) is 30.3 Å². The lowest BCUT2D eigenvalue weighted by Crippen LogP contribution is -2.41. The Hall–Kier alpha value is -2.93. The Kier molecular flexibility index (Phi) is 5.72. The molecule has 1 saturated heterocycles. The number of carbonyl (C=O) groups is 1. The van der Waals surface area contributed by atoms with Gasteiger partial charge >= 0.3 is 0 Å². The van der Waals surface area contributed by atoms with Crippen LogP contribution in [0, 0.1) is 0 Å². The van der Waals surface area contributed by atoms with E-state index < -0.39 is 5.54 Å². The van der Waals surface area contributed by atoms with Crippen LogP contribution in [0.15, 0.2) is 42.7 Å². The van der Waals surface area contributed by atoms with Gasteiger partial charge in [0.1, 0.15) is 0 Å². The third-order valence-corrected chi connectivity index (χ3v) is 5.70. The predicted octanol–water partition coefficient (Wildman–Crippen LogP) is 3.71. The van der Waals surface area contributed by atoms with Crippen molar-refractivity contribution in [1.82, 2.24) is 20.1 Å². The van der Waals surface area contributed by atoms with Crippen LogP contribution in [0.1, 0.15) is 49.5 Å². The quantitative estimate of drug-likeness (QED) is 0.651. The zero-order chi connectivity index (χ0) is 21.1. The van der Waals surface area contributed by atoms with E-state index in [-0.39, 0.29) is 11.9 Å². The number of amides is 1. The molecule has 0 atom stereocenters. The second kappa shape index (κ2) is 8.44. The summed E-state index contributed by atoms with van der Waals surface area (Å²) in [4.78, 5) is 17.9. The molecule has 7 nitrogen and oxygen atoms in total. The van der Waals surface area contributed by atoms with Gasteiger partial charge in [0, 0.05) is 32.0 Å². The number of hydrogen-bond acceptors (Lipinski definition) is 5. The second-order valence-corrected chi connectivity index (χ2v) is 8.22. The van der Waals surface area contributed by atoms with Gasteiger partial charge in [0.2, 0.25) is 0 Å². The van der Waals surface area contributed by atoms with Gasteiger partial charge in [-0.15, -0.1) is 0 Å². The fourth-order valence-electron chi connectivity index (χ4n) is 3.91. The van der Waals surface area contributed by atoms with Crippen LogP contribution in [0.25, 0.3) is 11.0 Å². The van der Waals surface area contributed by atoms with Crippen LogP contribution in [0.4, 0.5) is 5.69 Å². The van der Waals surface area contributed by atoms with Crippen molar-refractivity contribution in [3.05, 3.63) is 53.9 Å². The van der Waals surface area contributed by atoms with E-state index >= 15 is 0 Å². The Morgan fingerprint density at radius 2 is 1.93 bits per heavy atom. The highest BCUT2D eigenvalue weighted by molar-refractivity contribution is 6.06. The monoisotopic (exact) mass is 407 g/mol. The van der Waals surface area contributed by atoms with E-state index in [1.807, 2.05) is 55.8 Å². The van der Waals surface area contributed by atoms with E-state index in [1.165, 1.54) is 0 Å². The maximum absolute atomic E-state index is 13.4. The molecule has 158 valence electrons. The molecule has 1 aliphatic heterocycles. The number of benzene rings is 1. The number of aromatic nitrogens is 3. The molecule has 1 fully saturated rings. The van der Waals surface area contributed by atoms with Crippen molar-refractivity contribution in [3.8, 4) is 0 Å². The number of pyridine rings is 1. The Balaban J connectivity index is 1.70. The van der Waals surface area contributed by atoms with Crippen molar-refractivity contribution in [1.29, 1.82) is 0 Å². The first-order valence-electron chi connectivity index (χ1n) is 10.6. The number of fused-ring (bicyclic) bond motifs is 1. The summed E-state index contributed by atoms with van der Waals surface area (Å²) in [5.41, 5.74) is 2.65. The summed E-state index contributed by atoms with van der Waals surface area (Å²) < 4.78 is 7.34. The molecule has 7 heteroatoms. The van der Waals surface area contributed by atoms with E-state index in [9.17, 15) is 4.79 Å². The molecule has 3 aromatic rings. The van der Waals surface area contributed by atoms with Gasteiger partial charge in [-0.3, -0.25) is 4.79 Å². The average molecular weight is 408 g/mol. The van der Waals surface area contributed by atoms with Crippen LogP contribution in [0.3, 0.4) is 0 Å². The summed E-state index contributed by atoms with van der Waals surface area (Å²) >= 11 is 0. The van der Waals surface area contributed by atoms with Gasteiger partial charge in [-0.2, -0.15) is 5.10 Å². The molecule has 1 aromatic carbocycles. The summed E-state index contributed by atoms with van der Waals surface area (Å²) in [5.74, 6) is -0.155. The summed E-state index contributed by atoms with van der Waals surface area (Å²) in [6.45, 7) is 8.22. The Labute approximate surface area is 176 Å². The summed E-state index contributed by atoms with van der Waals surface area (Å²) in [7, 11) is 0. The van der Waals surface area contributed by atoms with Crippen molar-refractivity contribution in [2.45, 2.75) is 51.7 Å². The number of nitrogens with one attached hydrogen (secondary N) is 2. The van der Waals surface area contributed by atoms with Crippen LogP contribution in [0.2, 0.25) is 0 Å². The third kappa shape index (κ3) is 4.03. The lowest BCUT2D eigenvalue weighted by atomic mass is 9.94. The molecule has 4 rings (SSSR count). The van der Waals surface area contributed by atoms with Crippen LogP contribution < -0.4 is 10.6 Å². The molecule has 0 aliphatic carbocycles. The number of anilines is 1. The van der Waals surface area contributed by atoms with Gasteiger partial charge in [0.05, 0.1) is 28.4 Å². The van der Waals surface area contributed by atoms with Crippen molar-refractivity contribution in [3.63, 3.8) is 0 Å². The highest BCUT2D eigenvalue weighted by atomic mass is 16.5. The van der Waals surface area contributed by atoms with Gasteiger partial charge in [0.25, 0.3) is 5.91 Å². The van der Waals surface area contributed by atoms with Gasteiger partial charge in [0.15, 0.2) is 5.65 Å². The van der Waals surface area contributed by atoms with E-state index in [0.717, 1.165) is 54.9 Å². The molecule has 2 aromatic heterocycles. The fraction of sp³-hybridized carbons (Fsp3) is 0.435. The highest BCUT2D eigenvalue weighted by Crippen LogP contribution is 2.29. The molecular weight excluding hydrogens is 378 g/mol. The third-order valence-electron chi connectivity index (χ3n) is 5.70. The standard InChI is InChI=1S/C23H29N5O2/c1-4-28-21-18(15-25-28)20(26-17-10-12-30-13-11-17)19(14-24-21)22(29)27-23(2,3)16-8-6-5-7-9-16/h5-9,14-15,17H,4,10-13H2,1-3H3,(H,24,26)(H,27,29). The first-order chi connectivity index (χ1) is 14.5. The Morgan fingerprint density at radius 3 is 2.63 bits per heavy atom. The first-order valence-corrected chi connectivity index (χ1v) is 10.6. The molecule has 1 aliphatic rings. The molecule has 0 saturated carbocycles. The molecule has 2 N–H and O–H groups in total. The van der Waals surface area contributed by atoms with Crippen LogP contribution in [-0.2, 0) is 16.8 Å². The number of rotatable bonds is 6. The van der Waals surface area contributed by atoms with E-state index in [2.05, 4.69) is 20.7 Å². The van der Waals surface area contributed by atoms with E-state index in [4.69, 9.17) is 4.74 Å². The highest BCUT2D eigenvalue weighted by Gasteiger charge is 2.27. The predicted molar refractivity (Wildman–Crippen MR) is 118 cm³/mol. The zero-order valence-corrected chi connectivity index (χ0v) is 17.8. The molecular formula is C23H29N5O2. The van der Waals surface area contributed by atoms with Crippen molar-refractivity contribution >= 4 is 22.6 Å². The van der Waals surface area contributed by atoms with Gasteiger partial charge in [-0.25, -0.2) is 9.67 Å². The van der Waals surface area contributed by atoms with Crippen LogP contribution in [-0.4, -0.2) is 39.9 Å². The maximum atomic E-state index is 13.4. The molecule has 3 heterocycles. The minimum Gasteiger partial charge on any atom is -0.381 e. The number of carbonyl (C=O) groups excluding carboxylic acids is 1.